The average Bonchev–Trinajstić information content (AvgIpc) is 3.64. The van der Waals surface area contributed by atoms with Crippen LogP contribution in [-0.2, 0) is 33.3 Å². The quantitative estimate of drug-likeness (QED) is 0.133. The van der Waals surface area contributed by atoms with Gasteiger partial charge in [0.15, 0.2) is 18.5 Å². The van der Waals surface area contributed by atoms with Gasteiger partial charge in [0.2, 0.25) is 0 Å². The molecule has 320 valence electrons. The maximum atomic E-state index is 13.8. The number of rotatable bonds is 11. The molecule has 14 atom stereocenters. The summed E-state index contributed by atoms with van der Waals surface area (Å²) >= 11 is 0. The van der Waals surface area contributed by atoms with E-state index in [4.69, 9.17) is 18.9 Å². The molecule has 58 heavy (non-hydrogen) atoms. The van der Waals surface area contributed by atoms with Gasteiger partial charge in [-0.15, -0.1) is 0 Å². The molecule has 1 N–H and O–H groups in total. The van der Waals surface area contributed by atoms with Crippen LogP contribution in [0.2, 0.25) is 0 Å². The second-order valence-corrected chi connectivity index (χ2v) is 20.0. The summed E-state index contributed by atoms with van der Waals surface area (Å²) in [5, 5.41) is 12.1. The second kappa shape index (κ2) is 16.3. The van der Waals surface area contributed by atoms with Crippen molar-refractivity contribution in [1.29, 1.82) is 0 Å². The Balaban J connectivity index is 1.18. The zero-order valence-corrected chi connectivity index (χ0v) is 36.0. The number of nitrogens with zero attached hydrogens (tertiary/aromatic N) is 1. The number of imide groups is 1. The normalized spacial score (nSPS) is 39.9. The monoisotopic (exact) mass is 805 g/mol. The minimum Gasteiger partial charge on any atom is -0.463 e. The Morgan fingerprint density at radius 3 is 2.07 bits per heavy atom. The van der Waals surface area contributed by atoms with Crippen LogP contribution in [0.25, 0.3) is 0 Å². The zero-order chi connectivity index (χ0) is 41.9. The molecule has 6 aliphatic rings. The van der Waals surface area contributed by atoms with E-state index in [-0.39, 0.29) is 29.1 Å². The Hall–Kier alpha value is -3.31. The number of hydrogen-bond acceptors (Lipinski definition) is 10. The van der Waals surface area contributed by atoms with Crippen molar-refractivity contribution in [3.05, 3.63) is 35.4 Å². The van der Waals surface area contributed by atoms with Crippen molar-refractivity contribution in [2.75, 3.05) is 6.61 Å². The van der Waals surface area contributed by atoms with Gasteiger partial charge in [-0.3, -0.25) is 28.9 Å². The van der Waals surface area contributed by atoms with Crippen molar-refractivity contribution in [3.8, 4) is 0 Å². The second-order valence-electron chi connectivity index (χ2n) is 20.0. The topological polar surface area (TPSA) is 146 Å². The number of fused-ring (bicyclic) bond motifs is 6. The molecule has 4 aliphatic carbocycles. The number of carbonyl (C=O) groups is 5. The van der Waals surface area contributed by atoms with Gasteiger partial charge in [-0.25, -0.2) is 0 Å². The predicted octanol–water partition coefficient (Wildman–Crippen LogP) is 7.90. The highest BCUT2D eigenvalue weighted by molar-refractivity contribution is 6.21. The molecule has 4 saturated carbocycles. The summed E-state index contributed by atoms with van der Waals surface area (Å²) in [5.41, 5.74) is -0.947. The number of aliphatic hydroxyl groups is 1. The smallest absolute Gasteiger partial charge is 0.303 e. The molecule has 0 spiro atoms. The van der Waals surface area contributed by atoms with Gasteiger partial charge in [-0.05, 0) is 128 Å². The van der Waals surface area contributed by atoms with Crippen LogP contribution < -0.4 is 0 Å². The maximum absolute atomic E-state index is 13.8. The van der Waals surface area contributed by atoms with Crippen molar-refractivity contribution in [2.24, 2.45) is 58.2 Å². The fourth-order valence-electron chi connectivity index (χ4n) is 13.9. The van der Waals surface area contributed by atoms with E-state index in [0.717, 1.165) is 47.8 Å². The Bertz CT molecular complexity index is 1730. The minimum atomic E-state index is -1.86. The summed E-state index contributed by atoms with van der Waals surface area (Å²) in [6, 6.07) is 4.74. The molecule has 5 fully saturated rings. The van der Waals surface area contributed by atoms with Gasteiger partial charge in [0.25, 0.3) is 11.8 Å². The Morgan fingerprint density at radius 1 is 0.810 bits per heavy atom. The van der Waals surface area contributed by atoms with Crippen molar-refractivity contribution in [3.63, 3.8) is 0 Å². The average molecular weight is 806 g/mol. The van der Waals surface area contributed by atoms with Crippen molar-refractivity contribution >= 4 is 29.7 Å². The minimum absolute atomic E-state index is 0.0620. The molecule has 2 amide bonds. The van der Waals surface area contributed by atoms with Gasteiger partial charge in [-0.2, -0.15) is 0 Å². The maximum Gasteiger partial charge on any atom is 0.303 e. The SMILES string of the molecule is CC(=O)OC[C@@]1(C2CC[C@@]3(C)C(CC[C@H]4[C@@H]5CC[C@H]([C@H](C)CCCC(C)C)[C@@]5(C)CC[C@@H]43)C2)O[C@H](O)[C@@H](N2C(=O)c3ccccc3C2=O)[C@@H](OC(C)=O)[C@@H]1OC(C)=O. The van der Waals surface area contributed by atoms with Gasteiger partial charge in [-0.1, -0.05) is 66.0 Å². The molecule has 11 nitrogen and oxygen atoms in total. The molecular formula is C47H67NO10. The number of amides is 2. The fraction of sp³-hybridized carbons (Fsp3) is 0.766. The number of benzene rings is 1. The van der Waals surface area contributed by atoms with E-state index in [1.165, 1.54) is 77.8 Å². The summed E-state index contributed by atoms with van der Waals surface area (Å²) in [4.78, 5) is 66.9. The highest BCUT2D eigenvalue weighted by Gasteiger charge is 2.67. The van der Waals surface area contributed by atoms with Gasteiger partial charge >= 0.3 is 17.9 Å². The molecule has 1 aromatic rings. The Morgan fingerprint density at radius 2 is 1.45 bits per heavy atom. The highest BCUT2D eigenvalue weighted by atomic mass is 16.7. The first-order valence-corrected chi connectivity index (χ1v) is 22.2. The summed E-state index contributed by atoms with van der Waals surface area (Å²) in [7, 11) is 0. The van der Waals surface area contributed by atoms with Crippen LogP contribution in [0.1, 0.15) is 153 Å². The van der Waals surface area contributed by atoms with Crippen molar-refractivity contribution in [1.82, 2.24) is 4.90 Å². The lowest BCUT2D eigenvalue weighted by molar-refractivity contribution is -0.332. The zero-order valence-electron chi connectivity index (χ0n) is 36.0. The summed E-state index contributed by atoms with van der Waals surface area (Å²) < 4.78 is 24.3. The predicted molar refractivity (Wildman–Crippen MR) is 215 cm³/mol. The van der Waals surface area contributed by atoms with Crippen LogP contribution in [0, 0.1) is 58.2 Å². The fourth-order valence-corrected chi connectivity index (χ4v) is 13.9. The van der Waals surface area contributed by atoms with Gasteiger partial charge in [0.1, 0.15) is 18.2 Å². The van der Waals surface area contributed by atoms with E-state index in [1.807, 2.05) is 0 Å². The number of aliphatic hydroxyl groups excluding tert-OH is 1. The lowest BCUT2D eigenvalue weighted by Crippen LogP contribution is -2.74. The summed E-state index contributed by atoms with van der Waals surface area (Å²) in [5.74, 6) is 0.679. The van der Waals surface area contributed by atoms with Gasteiger partial charge < -0.3 is 24.1 Å². The molecule has 0 bridgehead atoms. The first-order valence-electron chi connectivity index (χ1n) is 22.2. The van der Waals surface area contributed by atoms with Gasteiger partial charge in [0, 0.05) is 20.8 Å². The molecule has 2 unspecified atom stereocenters. The lowest BCUT2D eigenvalue weighted by Gasteiger charge is -2.63. The molecule has 0 radical (unpaired) electrons. The summed E-state index contributed by atoms with van der Waals surface area (Å²) in [6.45, 7) is 15.5. The third kappa shape index (κ3) is 7.32. The molecule has 7 rings (SSSR count). The molecule has 0 aromatic heterocycles. The number of hydrogen-bond donors (Lipinski definition) is 1. The number of carbonyl (C=O) groups excluding carboxylic acids is 5. The van der Waals surface area contributed by atoms with Crippen molar-refractivity contribution < 1.29 is 48.0 Å². The van der Waals surface area contributed by atoms with E-state index < -0.39 is 65.8 Å². The Kier molecular flexibility index (Phi) is 12.0. The first-order chi connectivity index (χ1) is 27.4. The van der Waals surface area contributed by atoms with E-state index in [2.05, 4.69) is 34.6 Å². The van der Waals surface area contributed by atoms with Crippen LogP contribution in [0.15, 0.2) is 24.3 Å². The van der Waals surface area contributed by atoms with Crippen LogP contribution in [0.3, 0.4) is 0 Å². The van der Waals surface area contributed by atoms with Crippen LogP contribution in [0.4, 0.5) is 0 Å². The standard InChI is InChI=1S/C47H67NO10/c1-26(2)12-11-13-27(3)36-18-19-37-35-17-16-31-24-32(20-22-45(31,7)38(35)21-23-46(36,37)8)47(25-55-28(4)49)41(57-30(6)51)40(56-29(5)50)39(44(54)58-47)48-42(52)33-14-9-10-15-34(33)43(48)53/h9-10,14-15,26-27,31-32,35-41,44,54H,11-13,16-25H2,1-8H3/t27-,31?,32?,35+,36-,37+,38+,39+,40-,41+,44+,45+,46-,47+/m1/s1. The molecule has 11 heteroatoms. The highest BCUT2D eigenvalue weighted by Crippen LogP contribution is 2.69. The lowest BCUT2D eigenvalue weighted by atomic mass is 9.43. The van der Waals surface area contributed by atoms with E-state index in [0.29, 0.717) is 30.1 Å². The molecule has 1 saturated heterocycles. The molecule has 1 aromatic carbocycles. The Labute approximate surface area is 344 Å². The van der Waals surface area contributed by atoms with Crippen molar-refractivity contribution in [2.45, 2.75) is 163 Å². The number of ether oxygens (including phenoxy) is 4. The van der Waals surface area contributed by atoms with Crippen LogP contribution in [-0.4, -0.2) is 76.5 Å². The van der Waals surface area contributed by atoms with E-state index >= 15 is 0 Å². The number of esters is 3. The first kappa shape index (κ1) is 42.8. The van der Waals surface area contributed by atoms with E-state index in [1.54, 1.807) is 12.1 Å². The molecule has 2 aliphatic heterocycles. The molecular weight excluding hydrogens is 739 g/mol. The largest absolute Gasteiger partial charge is 0.463 e. The van der Waals surface area contributed by atoms with Crippen LogP contribution in [0.5, 0.6) is 0 Å². The van der Waals surface area contributed by atoms with E-state index in [9.17, 15) is 29.1 Å². The third-order valence-electron chi connectivity index (χ3n) is 16.5. The van der Waals surface area contributed by atoms with Gasteiger partial charge in [0.05, 0.1) is 11.1 Å². The van der Waals surface area contributed by atoms with Crippen LogP contribution >= 0.6 is 0 Å². The third-order valence-corrected chi connectivity index (χ3v) is 16.5. The summed E-state index contributed by atoms with van der Waals surface area (Å²) in [6.07, 6.45) is 8.57. The molecule has 2 heterocycles.